The normalized spacial score (nSPS) is 13.7. The Morgan fingerprint density at radius 2 is 1.62 bits per heavy atom. The molecule has 3 aromatic rings. The summed E-state index contributed by atoms with van der Waals surface area (Å²) >= 11 is 0. The van der Waals surface area contributed by atoms with Crippen molar-refractivity contribution in [1.29, 1.82) is 0 Å². The summed E-state index contributed by atoms with van der Waals surface area (Å²) < 4.78 is 12.5. The summed E-state index contributed by atoms with van der Waals surface area (Å²) in [6.45, 7) is 4.36. The molecule has 2 aromatic carbocycles. The second-order valence-electron chi connectivity index (χ2n) is 7.73. The summed E-state index contributed by atoms with van der Waals surface area (Å²) in [5.41, 5.74) is 3.48. The molecule has 1 aromatic heterocycles. The third-order valence-corrected chi connectivity index (χ3v) is 5.72. The fraction of sp³-hybridized carbons (Fsp3) is 0.280. The highest BCUT2D eigenvalue weighted by Gasteiger charge is 2.22. The maximum atomic E-state index is 12.6. The largest absolute Gasteiger partial charge is 0.497 e. The third kappa shape index (κ3) is 4.77. The van der Waals surface area contributed by atoms with Crippen LogP contribution in [0.25, 0.3) is 5.69 Å². The van der Waals surface area contributed by atoms with Gasteiger partial charge in [0.15, 0.2) is 6.61 Å². The van der Waals surface area contributed by atoms with Crippen molar-refractivity contribution in [3.05, 3.63) is 78.1 Å². The lowest BCUT2D eigenvalue weighted by Gasteiger charge is -2.36. The van der Waals surface area contributed by atoms with E-state index in [4.69, 9.17) is 9.47 Å². The van der Waals surface area contributed by atoms with E-state index in [1.807, 2.05) is 66.3 Å². The molecule has 0 radical (unpaired) electrons. The number of anilines is 1. The van der Waals surface area contributed by atoms with Crippen molar-refractivity contribution in [2.45, 2.75) is 6.92 Å². The Bertz CT molecular complexity index is 1070. The lowest BCUT2D eigenvalue weighted by atomic mass is 10.1. The smallest absolute Gasteiger partial charge is 0.338 e. The van der Waals surface area contributed by atoms with Crippen LogP contribution in [0.4, 0.5) is 5.69 Å². The first-order valence-electron chi connectivity index (χ1n) is 10.6. The summed E-state index contributed by atoms with van der Waals surface area (Å²) in [4.78, 5) is 29.1. The molecule has 1 saturated heterocycles. The van der Waals surface area contributed by atoms with Crippen molar-refractivity contribution in [3.8, 4) is 11.4 Å². The average Bonchev–Trinajstić information content (AvgIpc) is 3.37. The zero-order valence-corrected chi connectivity index (χ0v) is 18.4. The highest BCUT2D eigenvalue weighted by Crippen LogP contribution is 2.21. The zero-order valence-electron chi connectivity index (χ0n) is 18.4. The van der Waals surface area contributed by atoms with Gasteiger partial charge in [0.2, 0.25) is 0 Å². The molecule has 7 heteroatoms. The Morgan fingerprint density at radius 1 is 0.938 bits per heavy atom. The van der Waals surface area contributed by atoms with E-state index in [0.29, 0.717) is 18.7 Å². The molecule has 1 aliphatic rings. The first kappa shape index (κ1) is 21.5. The Labute approximate surface area is 187 Å². The number of piperazine rings is 1. The van der Waals surface area contributed by atoms with E-state index in [1.54, 1.807) is 24.1 Å². The van der Waals surface area contributed by atoms with E-state index in [9.17, 15) is 9.59 Å². The average molecular weight is 434 g/mol. The van der Waals surface area contributed by atoms with E-state index in [-0.39, 0.29) is 12.5 Å². The van der Waals surface area contributed by atoms with Gasteiger partial charge >= 0.3 is 5.97 Å². The topological polar surface area (TPSA) is 64.0 Å². The Morgan fingerprint density at radius 3 is 2.28 bits per heavy atom. The van der Waals surface area contributed by atoms with Crippen molar-refractivity contribution < 1.29 is 19.1 Å². The molecule has 1 amide bonds. The van der Waals surface area contributed by atoms with Crippen LogP contribution in [0.15, 0.2) is 67.0 Å². The maximum absolute atomic E-state index is 12.6. The van der Waals surface area contributed by atoms with Gasteiger partial charge in [-0.1, -0.05) is 6.07 Å². The fourth-order valence-electron chi connectivity index (χ4n) is 3.82. The van der Waals surface area contributed by atoms with Gasteiger partial charge in [0.1, 0.15) is 5.75 Å². The van der Waals surface area contributed by atoms with Gasteiger partial charge in [0, 0.05) is 49.9 Å². The van der Waals surface area contributed by atoms with Crippen molar-refractivity contribution in [1.82, 2.24) is 9.47 Å². The monoisotopic (exact) mass is 433 g/mol. The first-order chi connectivity index (χ1) is 15.5. The summed E-state index contributed by atoms with van der Waals surface area (Å²) in [6.07, 6.45) is 3.85. The van der Waals surface area contributed by atoms with Crippen LogP contribution in [0.5, 0.6) is 5.75 Å². The molecule has 0 saturated carbocycles. The van der Waals surface area contributed by atoms with Crippen LogP contribution < -0.4 is 9.64 Å². The van der Waals surface area contributed by atoms with Crippen molar-refractivity contribution in [2.24, 2.45) is 0 Å². The minimum absolute atomic E-state index is 0.175. The van der Waals surface area contributed by atoms with Crippen LogP contribution in [0.2, 0.25) is 0 Å². The number of esters is 1. The number of methoxy groups -OCH3 is 1. The number of carbonyl (C=O) groups excluding carboxylic acids is 2. The first-order valence-corrected chi connectivity index (χ1v) is 10.6. The highest BCUT2D eigenvalue weighted by molar-refractivity contribution is 5.92. The number of benzene rings is 2. The number of hydrogen-bond acceptors (Lipinski definition) is 5. The molecule has 2 heterocycles. The predicted octanol–water partition coefficient (Wildman–Crippen LogP) is 3.30. The van der Waals surface area contributed by atoms with Gasteiger partial charge in [-0.05, 0) is 61.0 Å². The minimum Gasteiger partial charge on any atom is -0.497 e. The number of rotatable bonds is 6. The molecule has 7 nitrogen and oxygen atoms in total. The molecule has 0 spiro atoms. The Balaban J connectivity index is 1.29. The minimum atomic E-state index is -0.497. The second kappa shape index (κ2) is 9.60. The third-order valence-electron chi connectivity index (χ3n) is 5.72. The number of hydrogen-bond donors (Lipinski definition) is 0. The van der Waals surface area contributed by atoms with Gasteiger partial charge in [-0.15, -0.1) is 0 Å². The standard InChI is InChI=1S/C25H27N3O4/c1-19-5-6-20(17-23(19)27-11-3-4-12-27)25(30)32-18-24(29)28-15-13-26(14-16-28)21-7-9-22(31-2)10-8-21/h3-12,17H,13-16,18H2,1-2H3. The lowest BCUT2D eigenvalue weighted by molar-refractivity contribution is -0.134. The van der Waals surface area contributed by atoms with Crippen LogP contribution >= 0.6 is 0 Å². The van der Waals surface area contributed by atoms with E-state index in [1.165, 1.54) is 0 Å². The summed E-state index contributed by atoms with van der Waals surface area (Å²) in [7, 11) is 1.65. The zero-order chi connectivity index (χ0) is 22.5. The molecule has 0 aliphatic carbocycles. The summed E-state index contributed by atoms with van der Waals surface area (Å²) in [6, 6.07) is 17.1. The molecule has 1 fully saturated rings. The Hall–Kier alpha value is -3.74. The molecule has 32 heavy (non-hydrogen) atoms. The molecular formula is C25H27N3O4. The van der Waals surface area contributed by atoms with Crippen molar-refractivity contribution in [2.75, 3.05) is 44.8 Å². The summed E-state index contributed by atoms with van der Waals surface area (Å²) in [5, 5.41) is 0. The van der Waals surface area contributed by atoms with E-state index >= 15 is 0 Å². The number of aryl methyl sites for hydroxylation is 1. The molecule has 4 rings (SSSR count). The number of carbonyl (C=O) groups is 2. The van der Waals surface area contributed by atoms with Crippen LogP contribution in [0.1, 0.15) is 15.9 Å². The van der Waals surface area contributed by atoms with Gasteiger partial charge in [-0.25, -0.2) is 4.79 Å². The lowest BCUT2D eigenvalue weighted by Crippen LogP contribution is -2.49. The number of amides is 1. The van der Waals surface area contributed by atoms with E-state index in [2.05, 4.69) is 4.90 Å². The van der Waals surface area contributed by atoms with Crippen LogP contribution in [0.3, 0.4) is 0 Å². The Kier molecular flexibility index (Phi) is 6.44. The molecule has 0 unspecified atom stereocenters. The fourth-order valence-corrected chi connectivity index (χ4v) is 3.82. The maximum Gasteiger partial charge on any atom is 0.338 e. The van der Waals surface area contributed by atoms with Crippen molar-refractivity contribution >= 4 is 17.6 Å². The second-order valence-corrected chi connectivity index (χ2v) is 7.73. The van der Waals surface area contributed by atoms with Gasteiger partial charge in [-0.3, -0.25) is 4.79 Å². The van der Waals surface area contributed by atoms with Crippen LogP contribution in [-0.4, -0.2) is 61.2 Å². The molecule has 1 aliphatic heterocycles. The van der Waals surface area contributed by atoms with E-state index < -0.39 is 5.97 Å². The molecule has 0 atom stereocenters. The van der Waals surface area contributed by atoms with E-state index in [0.717, 1.165) is 35.8 Å². The highest BCUT2D eigenvalue weighted by atomic mass is 16.5. The SMILES string of the molecule is COc1ccc(N2CCN(C(=O)COC(=O)c3ccc(C)c(-n4cccc4)c3)CC2)cc1. The van der Waals surface area contributed by atoms with Crippen molar-refractivity contribution in [3.63, 3.8) is 0 Å². The molecule has 166 valence electrons. The van der Waals surface area contributed by atoms with Gasteiger partial charge < -0.3 is 23.8 Å². The number of aromatic nitrogens is 1. The quantitative estimate of drug-likeness (QED) is 0.558. The molecular weight excluding hydrogens is 406 g/mol. The van der Waals surface area contributed by atoms with Gasteiger partial charge in [0.05, 0.1) is 12.7 Å². The number of ether oxygens (including phenoxy) is 2. The molecule has 0 bridgehead atoms. The summed E-state index contributed by atoms with van der Waals surface area (Å²) in [5.74, 6) is 0.146. The van der Waals surface area contributed by atoms with Crippen LogP contribution in [0, 0.1) is 6.92 Å². The number of nitrogens with zero attached hydrogens (tertiary/aromatic N) is 3. The van der Waals surface area contributed by atoms with Crippen LogP contribution in [-0.2, 0) is 9.53 Å². The van der Waals surface area contributed by atoms with Gasteiger partial charge in [0.25, 0.3) is 5.91 Å². The predicted molar refractivity (Wildman–Crippen MR) is 123 cm³/mol. The molecule has 0 N–H and O–H groups in total. The van der Waals surface area contributed by atoms with Gasteiger partial charge in [-0.2, -0.15) is 0 Å².